The number of aliphatic hydroxyl groups is 1. The zero-order valence-electron chi connectivity index (χ0n) is 10.2. The molecule has 90 valence electrons. The molecule has 3 N–H and O–H groups in total. The van der Waals surface area contributed by atoms with E-state index in [9.17, 15) is 5.11 Å². The van der Waals surface area contributed by atoms with Gasteiger partial charge in [0.05, 0.1) is 6.10 Å². The fraction of sp³-hybridized carbons (Fsp3) is 0.538. The van der Waals surface area contributed by atoms with Crippen molar-refractivity contribution in [1.82, 2.24) is 0 Å². The Bertz CT molecular complexity index is 310. The summed E-state index contributed by atoms with van der Waals surface area (Å²) in [6.45, 7) is 4.23. The van der Waals surface area contributed by atoms with E-state index in [-0.39, 0.29) is 6.04 Å². The summed E-state index contributed by atoms with van der Waals surface area (Å²) in [5.74, 6) is 0.509. The van der Waals surface area contributed by atoms with Crippen LogP contribution in [0.15, 0.2) is 29.2 Å². The first-order valence-corrected chi connectivity index (χ1v) is 6.84. The maximum atomic E-state index is 10.1. The maximum absolute atomic E-state index is 10.1. The van der Waals surface area contributed by atoms with Crippen LogP contribution in [0.5, 0.6) is 0 Å². The molecular weight excluding hydrogens is 218 g/mol. The Balaban J connectivity index is 2.67. The van der Waals surface area contributed by atoms with Crippen LogP contribution in [0.1, 0.15) is 31.9 Å². The van der Waals surface area contributed by atoms with Crippen molar-refractivity contribution >= 4 is 11.8 Å². The van der Waals surface area contributed by atoms with E-state index in [1.807, 2.05) is 30.5 Å². The molecule has 0 saturated carbocycles. The van der Waals surface area contributed by atoms with Crippen molar-refractivity contribution in [2.24, 2.45) is 11.7 Å². The van der Waals surface area contributed by atoms with Gasteiger partial charge in [0.2, 0.25) is 0 Å². The molecule has 0 amide bonds. The van der Waals surface area contributed by atoms with Crippen molar-refractivity contribution in [3.63, 3.8) is 0 Å². The van der Waals surface area contributed by atoms with Crippen molar-refractivity contribution in [3.8, 4) is 0 Å². The number of benzene rings is 1. The first kappa shape index (κ1) is 13.6. The minimum Gasteiger partial charge on any atom is -0.387 e. The number of hydrogen-bond acceptors (Lipinski definition) is 3. The summed E-state index contributed by atoms with van der Waals surface area (Å²) in [4.78, 5) is 1.20. The minimum absolute atomic E-state index is 0.180. The molecule has 1 aromatic carbocycles. The van der Waals surface area contributed by atoms with Crippen LogP contribution in [0.25, 0.3) is 0 Å². The summed E-state index contributed by atoms with van der Waals surface area (Å²) in [5, 5.41) is 10.1. The van der Waals surface area contributed by atoms with Gasteiger partial charge in [0, 0.05) is 10.9 Å². The molecule has 2 nitrogen and oxygen atoms in total. The van der Waals surface area contributed by atoms with E-state index in [1.54, 1.807) is 11.8 Å². The molecule has 2 atom stereocenters. The lowest BCUT2D eigenvalue weighted by molar-refractivity contribution is 0.136. The molecule has 0 fully saturated rings. The van der Waals surface area contributed by atoms with Gasteiger partial charge >= 0.3 is 0 Å². The van der Waals surface area contributed by atoms with Gasteiger partial charge in [0.25, 0.3) is 0 Å². The Morgan fingerprint density at radius 1 is 1.25 bits per heavy atom. The standard InChI is InChI=1S/C13H21NOS/c1-9(2)8-12(14)13(15)10-4-6-11(16-3)7-5-10/h4-7,9,12-13,15H,8,14H2,1-3H3. The third-order valence-electron chi connectivity index (χ3n) is 2.61. The minimum atomic E-state index is -0.557. The van der Waals surface area contributed by atoms with Gasteiger partial charge in [-0.2, -0.15) is 0 Å². The predicted molar refractivity (Wildman–Crippen MR) is 70.6 cm³/mol. The fourth-order valence-corrected chi connectivity index (χ4v) is 2.13. The largest absolute Gasteiger partial charge is 0.387 e. The van der Waals surface area contributed by atoms with Crippen molar-refractivity contribution in [2.45, 2.75) is 37.3 Å². The first-order valence-electron chi connectivity index (χ1n) is 5.62. The Labute approximate surface area is 102 Å². The molecule has 0 aromatic heterocycles. The summed E-state index contributed by atoms with van der Waals surface area (Å²) in [6.07, 6.45) is 2.32. The molecule has 0 radical (unpaired) electrons. The normalized spacial score (nSPS) is 15.1. The second-order valence-corrected chi connectivity index (χ2v) is 5.39. The highest BCUT2D eigenvalue weighted by Gasteiger charge is 2.17. The van der Waals surface area contributed by atoms with Crippen molar-refractivity contribution in [1.29, 1.82) is 0 Å². The van der Waals surface area contributed by atoms with Crippen molar-refractivity contribution < 1.29 is 5.11 Å². The molecule has 3 heteroatoms. The lowest BCUT2D eigenvalue weighted by Crippen LogP contribution is -2.29. The number of nitrogens with two attached hydrogens (primary N) is 1. The van der Waals surface area contributed by atoms with Crippen LogP contribution in [0, 0.1) is 5.92 Å². The van der Waals surface area contributed by atoms with E-state index in [0.717, 1.165) is 12.0 Å². The quantitative estimate of drug-likeness (QED) is 0.777. The Morgan fingerprint density at radius 3 is 2.25 bits per heavy atom. The second kappa shape index (κ2) is 6.28. The van der Waals surface area contributed by atoms with E-state index >= 15 is 0 Å². The highest BCUT2D eigenvalue weighted by Crippen LogP contribution is 2.22. The van der Waals surface area contributed by atoms with Gasteiger partial charge < -0.3 is 10.8 Å². The lowest BCUT2D eigenvalue weighted by atomic mass is 9.95. The van der Waals surface area contributed by atoms with Crippen LogP contribution in [0.4, 0.5) is 0 Å². The molecule has 1 rings (SSSR count). The third-order valence-corrected chi connectivity index (χ3v) is 3.35. The van der Waals surface area contributed by atoms with E-state index < -0.39 is 6.10 Å². The molecule has 0 spiro atoms. The molecular formula is C13H21NOS. The van der Waals surface area contributed by atoms with Crippen molar-refractivity contribution in [2.75, 3.05) is 6.26 Å². The van der Waals surface area contributed by atoms with Crippen LogP contribution in [0.3, 0.4) is 0 Å². The van der Waals surface area contributed by atoms with Crippen LogP contribution in [-0.2, 0) is 0 Å². The van der Waals surface area contributed by atoms with Gasteiger partial charge in [-0.15, -0.1) is 11.8 Å². The van der Waals surface area contributed by atoms with E-state index in [4.69, 9.17) is 5.73 Å². The molecule has 2 unspecified atom stereocenters. The average Bonchev–Trinajstić information content (AvgIpc) is 2.27. The average molecular weight is 239 g/mol. The molecule has 0 heterocycles. The summed E-state index contributed by atoms with van der Waals surface area (Å²) in [6, 6.07) is 7.77. The molecule has 0 aliphatic heterocycles. The summed E-state index contributed by atoms with van der Waals surface area (Å²) in [7, 11) is 0. The SMILES string of the molecule is CSc1ccc(C(O)C(N)CC(C)C)cc1. The van der Waals surface area contributed by atoms with Crippen LogP contribution in [-0.4, -0.2) is 17.4 Å². The zero-order chi connectivity index (χ0) is 12.1. The summed E-state index contributed by atoms with van der Waals surface area (Å²) >= 11 is 1.70. The first-order chi connectivity index (χ1) is 7.54. The summed E-state index contributed by atoms with van der Waals surface area (Å²) in [5.41, 5.74) is 6.87. The van der Waals surface area contributed by atoms with Gasteiger partial charge in [-0.1, -0.05) is 26.0 Å². The highest BCUT2D eigenvalue weighted by molar-refractivity contribution is 7.98. The maximum Gasteiger partial charge on any atom is 0.0940 e. The molecule has 0 bridgehead atoms. The van der Waals surface area contributed by atoms with Gasteiger partial charge in [0.15, 0.2) is 0 Å². The topological polar surface area (TPSA) is 46.2 Å². The fourth-order valence-electron chi connectivity index (χ4n) is 1.72. The number of hydrogen-bond donors (Lipinski definition) is 2. The van der Waals surface area contributed by atoms with Crippen LogP contribution < -0.4 is 5.73 Å². The zero-order valence-corrected chi connectivity index (χ0v) is 11.0. The highest BCUT2D eigenvalue weighted by atomic mass is 32.2. The number of rotatable bonds is 5. The van der Waals surface area contributed by atoms with Gasteiger partial charge in [-0.25, -0.2) is 0 Å². The molecule has 0 aliphatic rings. The van der Waals surface area contributed by atoms with E-state index in [2.05, 4.69) is 13.8 Å². The Morgan fingerprint density at radius 2 is 1.81 bits per heavy atom. The monoisotopic (exact) mass is 239 g/mol. The van der Waals surface area contributed by atoms with Gasteiger partial charge in [-0.3, -0.25) is 0 Å². The van der Waals surface area contributed by atoms with Crippen LogP contribution in [0.2, 0.25) is 0 Å². The van der Waals surface area contributed by atoms with Crippen molar-refractivity contribution in [3.05, 3.63) is 29.8 Å². The number of aliphatic hydroxyl groups excluding tert-OH is 1. The van der Waals surface area contributed by atoms with Gasteiger partial charge in [-0.05, 0) is 36.3 Å². The Hall–Kier alpha value is -0.510. The Kier molecular flexibility index (Phi) is 5.32. The number of thioether (sulfide) groups is 1. The van der Waals surface area contributed by atoms with Gasteiger partial charge in [0.1, 0.15) is 0 Å². The molecule has 0 aliphatic carbocycles. The molecule has 16 heavy (non-hydrogen) atoms. The predicted octanol–water partition coefficient (Wildman–Crippen LogP) is 2.82. The smallest absolute Gasteiger partial charge is 0.0940 e. The van der Waals surface area contributed by atoms with E-state index in [1.165, 1.54) is 4.90 Å². The summed E-state index contributed by atoms with van der Waals surface area (Å²) < 4.78 is 0. The van der Waals surface area contributed by atoms with E-state index in [0.29, 0.717) is 5.92 Å². The third kappa shape index (κ3) is 3.81. The molecule has 1 aromatic rings. The second-order valence-electron chi connectivity index (χ2n) is 4.51. The molecule has 0 saturated heterocycles. The van der Waals surface area contributed by atoms with Crippen LogP contribution >= 0.6 is 11.8 Å². The lowest BCUT2D eigenvalue weighted by Gasteiger charge is -2.21.